The monoisotopic (exact) mass is 805 g/mol. The van der Waals surface area contributed by atoms with Crippen LogP contribution in [0.15, 0.2) is 217 Å². The molecule has 0 bridgehead atoms. The summed E-state index contributed by atoms with van der Waals surface area (Å²) in [6.45, 7) is 0. The Hall–Kier alpha value is -8.61. The van der Waals surface area contributed by atoms with Crippen molar-refractivity contribution in [2.24, 2.45) is 0 Å². The van der Waals surface area contributed by atoms with Crippen molar-refractivity contribution in [1.29, 1.82) is 0 Å². The van der Waals surface area contributed by atoms with Crippen molar-refractivity contribution < 1.29 is 4.42 Å². The highest BCUT2D eigenvalue weighted by Crippen LogP contribution is 2.45. The zero-order chi connectivity index (χ0) is 41.4. The third kappa shape index (κ3) is 5.48. The fourth-order valence-electron chi connectivity index (χ4n) is 9.54. The van der Waals surface area contributed by atoms with Crippen LogP contribution < -0.4 is 0 Å². The van der Waals surface area contributed by atoms with Crippen LogP contribution in [0, 0.1) is 0 Å². The molecule has 6 nitrogen and oxygen atoms in total. The summed E-state index contributed by atoms with van der Waals surface area (Å²) in [5.41, 5.74) is 13.0. The predicted molar refractivity (Wildman–Crippen MR) is 258 cm³/mol. The van der Waals surface area contributed by atoms with Gasteiger partial charge in [-0.15, -0.1) is 0 Å². The molecular formula is C57H35N5O. The van der Waals surface area contributed by atoms with Crippen LogP contribution in [-0.2, 0) is 0 Å². The Balaban J connectivity index is 1.07. The molecule has 0 aliphatic heterocycles. The summed E-state index contributed by atoms with van der Waals surface area (Å²) < 4.78 is 12.0. The number of furan rings is 1. The van der Waals surface area contributed by atoms with E-state index in [1.165, 1.54) is 10.8 Å². The molecule has 0 fully saturated rings. The van der Waals surface area contributed by atoms with E-state index in [2.05, 4.69) is 185 Å². The standard InChI is InChI=1S/C57H35N5O/c1-4-16-36(17-5-1)37-30-32-39(33-31-37)56-58-55(38-18-6-2-7-19-38)59-57(60-56)47-26-14-25-45-46-35-34-44-43-24-15-29-50(62-48-27-12-10-22-41(48)42-23-11-13-28-49(42)62)51(43)61(40-20-8-3-9-21-40)52(44)54(46)63-53(45)47/h1-35H. The van der Waals surface area contributed by atoms with Crippen molar-refractivity contribution in [1.82, 2.24) is 24.1 Å². The number of nitrogens with zero attached hydrogens (tertiary/aromatic N) is 5. The second-order valence-electron chi connectivity index (χ2n) is 16.0. The highest BCUT2D eigenvalue weighted by Gasteiger charge is 2.25. The molecule has 0 N–H and O–H groups in total. The van der Waals surface area contributed by atoms with Crippen LogP contribution in [0.4, 0.5) is 0 Å². The van der Waals surface area contributed by atoms with Crippen molar-refractivity contribution in [3.8, 4) is 56.7 Å². The van der Waals surface area contributed by atoms with Gasteiger partial charge in [0, 0.05) is 49.1 Å². The van der Waals surface area contributed by atoms with Gasteiger partial charge < -0.3 is 13.6 Å². The Morgan fingerprint density at radius 3 is 1.48 bits per heavy atom. The normalized spacial score (nSPS) is 11.8. The first-order chi connectivity index (χ1) is 31.3. The SMILES string of the molecule is c1ccc(-c2ccc(-c3nc(-c4ccccc4)nc(-c4cccc5c4oc4c5ccc5c6cccc(-n7c8ccccc8c8ccccc87)c6n(-c6ccccc6)c54)n3)cc2)cc1. The van der Waals surface area contributed by atoms with Crippen LogP contribution in [0.3, 0.4) is 0 Å². The minimum absolute atomic E-state index is 0.546. The number of hydrogen-bond donors (Lipinski definition) is 0. The lowest BCUT2D eigenvalue weighted by Crippen LogP contribution is -2.00. The van der Waals surface area contributed by atoms with Crippen molar-refractivity contribution in [3.63, 3.8) is 0 Å². The molecule has 0 saturated heterocycles. The van der Waals surface area contributed by atoms with Gasteiger partial charge in [0.1, 0.15) is 5.58 Å². The maximum absolute atomic E-state index is 7.24. The summed E-state index contributed by atoms with van der Waals surface area (Å²) in [6, 6.07) is 74.3. The molecule has 63 heavy (non-hydrogen) atoms. The first-order valence-corrected chi connectivity index (χ1v) is 21.2. The van der Waals surface area contributed by atoms with Gasteiger partial charge in [0.25, 0.3) is 0 Å². The molecule has 6 heteroatoms. The van der Waals surface area contributed by atoms with Crippen LogP contribution in [0.1, 0.15) is 0 Å². The summed E-state index contributed by atoms with van der Waals surface area (Å²) in [5, 5.41) is 6.71. The molecular weight excluding hydrogens is 771 g/mol. The van der Waals surface area contributed by atoms with E-state index in [-0.39, 0.29) is 0 Å². The van der Waals surface area contributed by atoms with Crippen LogP contribution >= 0.6 is 0 Å². The second kappa shape index (κ2) is 14.0. The van der Waals surface area contributed by atoms with E-state index >= 15 is 0 Å². The van der Waals surface area contributed by atoms with E-state index in [1.807, 2.05) is 36.4 Å². The van der Waals surface area contributed by atoms with Gasteiger partial charge in [-0.2, -0.15) is 0 Å². The summed E-state index contributed by atoms with van der Waals surface area (Å²) in [6.07, 6.45) is 0. The minimum Gasteiger partial charge on any atom is -0.453 e. The van der Waals surface area contributed by atoms with E-state index < -0.39 is 0 Å². The predicted octanol–water partition coefficient (Wildman–Crippen LogP) is 14.6. The lowest BCUT2D eigenvalue weighted by molar-refractivity contribution is 0.671. The first kappa shape index (κ1) is 35.2. The zero-order valence-electron chi connectivity index (χ0n) is 33.9. The Morgan fingerprint density at radius 1 is 0.302 bits per heavy atom. The van der Waals surface area contributed by atoms with Gasteiger partial charge in [-0.3, -0.25) is 0 Å². The van der Waals surface area contributed by atoms with E-state index in [9.17, 15) is 0 Å². The van der Waals surface area contributed by atoms with Gasteiger partial charge in [0.05, 0.1) is 33.3 Å². The maximum atomic E-state index is 7.24. The van der Waals surface area contributed by atoms with Crippen LogP contribution in [-0.4, -0.2) is 24.1 Å². The summed E-state index contributed by atoms with van der Waals surface area (Å²) >= 11 is 0. The molecule has 13 aromatic rings. The van der Waals surface area contributed by atoms with E-state index in [1.54, 1.807) is 0 Å². The molecule has 0 aliphatic carbocycles. The van der Waals surface area contributed by atoms with Crippen molar-refractivity contribution in [2.45, 2.75) is 0 Å². The molecule has 0 saturated carbocycles. The second-order valence-corrected chi connectivity index (χ2v) is 16.0. The fourth-order valence-corrected chi connectivity index (χ4v) is 9.54. The molecule has 0 radical (unpaired) electrons. The van der Waals surface area contributed by atoms with E-state index in [0.717, 1.165) is 94.0 Å². The van der Waals surface area contributed by atoms with Gasteiger partial charge >= 0.3 is 0 Å². The lowest BCUT2D eigenvalue weighted by atomic mass is 10.0. The summed E-state index contributed by atoms with van der Waals surface area (Å²) in [5.74, 6) is 1.74. The number of hydrogen-bond acceptors (Lipinski definition) is 4. The Morgan fingerprint density at radius 2 is 0.778 bits per heavy atom. The number of para-hydroxylation sites is 5. The van der Waals surface area contributed by atoms with Gasteiger partial charge in [-0.05, 0) is 53.6 Å². The van der Waals surface area contributed by atoms with Crippen LogP contribution in [0.25, 0.3) is 122 Å². The molecule has 0 unspecified atom stereocenters. The number of fused-ring (bicyclic) bond motifs is 10. The molecule has 0 aliphatic rings. The number of rotatable bonds is 6. The average molecular weight is 806 g/mol. The van der Waals surface area contributed by atoms with Crippen molar-refractivity contribution in [3.05, 3.63) is 212 Å². The Labute approximate surface area is 361 Å². The zero-order valence-corrected chi connectivity index (χ0v) is 33.9. The molecule has 294 valence electrons. The molecule has 13 rings (SSSR count). The average Bonchev–Trinajstić information content (AvgIpc) is 4.03. The fraction of sp³-hybridized carbons (Fsp3) is 0. The van der Waals surface area contributed by atoms with E-state index in [0.29, 0.717) is 17.5 Å². The summed E-state index contributed by atoms with van der Waals surface area (Å²) in [4.78, 5) is 15.4. The molecule has 4 heterocycles. The van der Waals surface area contributed by atoms with Gasteiger partial charge in [0.2, 0.25) is 0 Å². The first-order valence-electron chi connectivity index (χ1n) is 21.2. The lowest BCUT2D eigenvalue weighted by Gasteiger charge is -2.14. The molecule has 4 aromatic heterocycles. The Kier molecular flexibility index (Phi) is 7.80. The largest absolute Gasteiger partial charge is 0.453 e. The molecule has 0 spiro atoms. The quantitative estimate of drug-likeness (QED) is 0.168. The third-order valence-corrected chi connectivity index (χ3v) is 12.4. The van der Waals surface area contributed by atoms with Gasteiger partial charge in [0.15, 0.2) is 23.1 Å². The van der Waals surface area contributed by atoms with Crippen molar-refractivity contribution in [2.75, 3.05) is 0 Å². The van der Waals surface area contributed by atoms with Crippen LogP contribution in [0.5, 0.6) is 0 Å². The minimum atomic E-state index is 0.546. The molecule has 9 aromatic carbocycles. The third-order valence-electron chi connectivity index (χ3n) is 12.4. The topological polar surface area (TPSA) is 61.7 Å². The molecule has 0 amide bonds. The van der Waals surface area contributed by atoms with Crippen molar-refractivity contribution >= 4 is 65.6 Å². The Bertz CT molecular complexity index is 3830. The van der Waals surface area contributed by atoms with Gasteiger partial charge in [-0.25, -0.2) is 15.0 Å². The highest BCUT2D eigenvalue weighted by atomic mass is 16.3. The molecule has 0 atom stereocenters. The van der Waals surface area contributed by atoms with E-state index in [4.69, 9.17) is 19.4 Å². The number of aromatic nitrogens is 5. The summed E-state index contributed by atoms with van der Waals surface area (Å²) in [7, 11) is 0. The van der Waals surface area contributed by atoms with Gasteiger partial charge in [-0.1, -0.05) is 170 Å². The number of benzene rings is 9. The smallest absolute Gasteiger partial charge is 0.167 e. The van der Waals surface area contributed by atoms with Crippen LogP contribution in [0.2, 0.25) is 0 Å². The maximum Gasteiger partial charge on any atom is 0.167 e. The highest BCUT2D eigenvalue weighted by molar-refractivity contribution is 6.24.